The Kier molecular flexibility index (Phi) is 6.73. The monoisotopic (exact) mass is 270 g/mol. The molecule has 0 saturated carbocycles. The Morgan fingerprint density at radius 2 is 1.84 bits per heavy atom. The average molecular weight is 270 g/mol. The fourth-order valence-electron chi connectivity index (χ4n) is 1.29. The van der Waals surface area contributed by atoms with E-state index in [4.69, 9.17) is 4.84 Å². The van der Waals surface area contributed by atoms with Crippen molar-refractivity contribution in [3.63, 3.8) is 0 Å². The first-order chi connectivity index (χ1) is 8.50. The summed E-state index contributed by atoms with van der Waals surface area (Å²) in [5.41, 5.74) is -0.457. The summed E-state index contributed by atoms with van der Waals surface area (Å²) in [5, 5.41) is 4.74. The fourth-order valence-corrected chi connectivity index (χ4v) is 1.29. The zero-order valence-electron chi connectivity index (χ0n) is 13.5. The molecule has 0 bridgehead atoms. The summed E-state index contributed by atoms with van der Waals surface area (Å²) in [4.78, 5) is 17.7. The molecule has 0 aliphatic rings. The Morgan fingerprint density at radius 3 is 2.21 bits per heavy atom. The molecule has 0 rings (SSSR count). The third-order valence-electron chi connectivity index (χ3n) is 3.29. The van der Waals surface area contributed by atoms with Crippen LogP contribution in [0.4, 0.5) is 0 Å². The predicted octanol–water partition coefficient (Wildman–Crippen LogP) is 2.76. The normalized spacial score (nSPS) is 12.9. The highest BCUT2D eigenvalue weighted by Crippen LogP contribution is 2.16. The molecule has 4 heteroatoms. The lowest BCUT2D eigenvalue weighted by Crippen LogP contribution is -2.53. The van der Waals surface area contributed by atoms with Crippen LogP contribution in [0.5, 0.6) is 0 Å². The van der Waals surface area contributed by atoms with Gasteiger partial charge in [-0.25, -0.2) is 0 Å². The Morgan fingerprint density at radius 1 is 1.32 bits per heavy atom. The van der Waals surface area contributed by atoms with Gasteiger partial charge in [0.15, 0.2) is 0 Å². The molecule has 0 fully saturated rings. The number of amides is 1. The van der Waals surface area contributed by atoms with Gasteiger partial charge in [0.25, 0.3) is 0 Å². The molecule has 0 aromatic heterocycles. The largest absolute Gasteiger partial charge is 0.350 e. The molecule has 0 aliphatic carbocycles. The number of rotatable bonds is 7. The molecule has 0 atom stereocenters. The van der Waals surface area contributed by atoms with Gasteiger partial charge in [0.05, 0.1) is 6.61 Å². The number of nitrogens with one attached hydrogen (secondary N) is 1. The van der Waals surface area contributed by atoms with Crippen molar-refractivity contribution in [2.75, 3.05) is 13.2 Å². The lowest BCUT2D eigenvalue weighted by atomic mass is 9.91. The highest BCUT2D eigenvalue weighted by Gasteiger charge is 2.28. The van der Waals surface area contributed by atoms with Gasteiger partial charge >= 0.3 is 0 Å². The van der Waals surface area contributed by atoms with E-state index in [0.29, 0.717) is 12.5 Å². The quantitative estimate of drug-likeness (QED) is 0.571. The maximum Gasteiger partial charge on any atom is 0.237 e. The van der Waals surface area contributed by atoms with E-state index in [1.54, 1.807) is 11.1 Å². The fraction of sp³-hybridized carbons (Fsp3) is 0.800. The standard InChI is InChI=1S/C15H30N2O2/c1-9-10-19-17(14(4,5)6)11-13(18)16-15(7,8)12(2)3/h9,12H,1,10-11H2,2-8H3,(H,16,18). The molecule has 4 nitrogen and oxygen atoms in total. The minimum absolute atomic E-state index is 0.0299. The molecule has 0 aliphatic heterocycles. The second-order valence-electron chi connectivity index (χ2n) is 6.72. The van der Waals surface area contributed by atoms with Crippen molar-refractivity contribution >= 4 is 5.91 Å². The molecule has 0 heterocycles. The van der Waals surface area contributed by atoms with Crippen LogP contribution in [0.15, 0.2) is 12.7 Å². The van der Waals surface area contributed by atoms with Crippen LogP contribution in [0.2, 0.25) is 0 Å². The summed E-state index contributed by atoms with van der Waals surface area (Å²) in [6.07, 6.45) is 1.68. The van der Waals surface area contributed by atoms with Crippen LogP contribution in [-0.2, 0) is 9.63 Å². The summed E-state index contributed by atoms with van der Waals surface area (Å²) in [6.45, 7) is 18.5. The Balaban J connectivity index is 4.60. The van der Waals surface area contributed by atoms with Crippen LogP contribution in [0.25, 0.3) is 0 Å². The third kappa shape index (κ3) is 6.73. The van der Waals surface area contributed by atoms with E-state index in [-0.39, 0.29) is 23.5 Å². The molecule has 0 saturated heterocycles. The molecule has 0 aromatic carbocycles. The van der Waals surface area contributed by atoms with Gasteiger partial charge in [-0.3, -0.25) is 9.63 Å². The molecule has 0 aromatic rings. The predicted molar refractivity (Wildman–Crippen MR) is 79.7 cm³/mol. The minimum Gasteiger partial charge on any atom is -0.350 e. The Hall–Kier alpha value is -0.870. The third-order valence-corrected chi connectivity index (χ3v) is 3.29. The minimum atomic E-state index is -0.234. The van der Waals surface area contributed by atoms with E-state index >= 15 is 0 Å². The Bertz CT molecular complexity index is 304. The van der Waals surface area contributed by atoms with E-state index in [0.717, 1.165) is 0 Å². The maximum atomic E-state index is 12.1. The van der Waals surface area contributed by atoms with Gasteiger partial charge in [-0.05, 0) is 40.5 Å². The molecule has 112 valence electrons. The number of nitrogens with zero attached hydrogens (tertiary/aromatic N) is 1. The molecule has 0 spiro atoms. The number of hydrogen-bond donors (Lipinski definition) is 1. The second-order valence-corrected chi connectivity index (χ2v) is 6.72. The molecular formula is C15H30N2O2. The van der Waals surface area contributed by atoms with Crippen LogP contribution in [0.1, 0.15) is 48.5 Å². The van der Waals surface area contributed by atoms with E-state index in [2.05, 4.69) is 25.7 Å². The summed E-state index contributed by atoms with van der Waals surface area (Å²) >= 11 is 0. The summed E-state index contributed by atoms with van der Waals surface area (Å²) in [6, 6.07) is 0. The van der Waals surface area contributed by atoms with E-state index in [9.17, 15) is 4.79 Å². The molecule has 1 amide bonds. The average Bonchev–Trinajstić information content (AvgIpc) is 2.21. The molecule has 1 N–H and O–H groups in total. The lowest BCUT2D eigenvalue weighted by Gasteiger charge is -2.36. The van der Waals surface area contributed by atoms with Gasteiger partial charge in [0, 0.05) is 11.1 Å². The van der Waals surface area contributed by atoms with Gasteiger partial charge in [-0.15, -0.1) is 6.58 Å². The summed E-state index contributed by atoms with van der Waals surface area (Å²) in [5.74, 6) is 0.339. The lowest BCUT2D eigenvalue weighted by molar-refractivity contribution is -0.202. The van der Waals surface area contributed by atoms with Crippen molar-refractivity contribution in [1.29, 1.82) is 0 Å². The second kappa shape index (κ2) is 7.06. The first-order valence-electron chi connectivity index (χ1n) is 6.83. The van der Waals surface area contributed by atoms with E-state index in [1.165, 1.54) is 0 Å². The van der Waals surface area contributed by atoms with E-state index < -0.39 is 0 Å². The molecule has 0 unspecified atom stereocenters. The topological polar surface area (TPSA) is 41.6 Å². The van der Waals surface area contributed by atoms with Crippen LogP contribution in [-0.4, -0.2) is 35.2 Å². The number of hydrogen-bond acceptors (Lipinski definition) is 3. The van der Waals surface area contributed by atoms with Gasteiger partial charge < -0.3 is 5.32 Å². The molecule has 19 heavy (non-hydrogen) atoms. The first-order valence-corrected chi connectivity index (χ1v) is 6.83. The van der Waals surface area contributed by atoms with Crippen LogP contribution in [0, 0.1) is 5.92 Å². The van der Waals surface area contributed by atoms with Crippen LogP contribution < -0.4 is 5.32 Å². The highest BCUT2D eigenvalue weighted by molar-refractivity contribution is 5.78. The maximum absolute atomic E-state index is 12.1. The van der Waals surface area contributed by atoms with Crippen molar-refractivity contribution in [1.82, 2.24) is 10.4 Å². The number of hydroxylamine groups is 2. The van der Waals surface area contributed by atoms with Gasteiger partial charge in [-0.1, -0.05) is 19.9 Å². The number of carbonyl (C=O) groups excluding carboxylic acids is 1. The Labute approximate surface area is 118 Å². The van der Waals surface area contributed by atoms with Gasteiger partial charge in [-0.2, -0.15) is 5.06 Å². The van der Waals surface area contributed by atoms with Crippen molar-refractivity contribution in [2.45, 2.75) is 59.5 Å². The van der Waals surface area contributed by atoms with E-state index in [1.807, 2.05) is 34.6 Å². The molecule has 0 radical (unpaired) electrons. The zero-order chi connectivity index (χ0) is 15.3. The highest BCUT2D eigenvalue weighted by atomic mass is 16.7. The van der Waals surface area contributed by atoms with Crippen molar-refractivity contribution in [3.05, 3.63) is 12.7 Å². The van der Waals surface area contributed by atoms with Gasteiger partial charge in [0.1, 0.15) is 6.54 Å². The smallest absolute Gasteiger partial charge is 0.237 e. The van der Waals surface area contributed by atoms with Crippen molar-refractivity contribution < 1.29 is 9.63 Å². The SMILES string of the molecule is C=CCON(CC(=O)NC(C)(C)C(C)C)C(C)(C)C. The molecular weight excluding hydrogens is 240 g/mol. The van der Waals surface area contributed by atoms with Crippen LogP contribution in [0.3, 0.4) is 0 Å². The van der Waals surface area contributed by atoms with Crippen molar-refractivity contribution in [3.8, 4) is 0 Å². The van der Waals surface area contributed by atoms with Crippen LogP contribution >= 0.6 is 0 Å². The number of carbonyl (C=O) groups is 1. The summed E-state index contributed by atoms with van der Waals surface area (Å²) in [7, 11) is 0. The summed E-state index contributed by atoms with van der Waals surface area (Å²) < 4.78 is 0. The van der Waals surface area contributed by atoms with Crippen molar-refractivity contribution in [2.24, 2.45) is 5.92 Å². The van der Waals surface area contributed by atoms with Gasteiger partial charge in [0.2, 0.25) is 5.91 Å². The zero-order valence-corrected chi connectivity index (χ0v) is 13.5. The first kappa shape index (κ1) is 18.1.